The minimum absolute atomic E-state index is 0.0123. The zero-order valence-corrected chi connectivity index (χ0v) is 11.9. The van der Waals surface area contributed by atoms with Gasteiger partial charge in [0.1, 0.15) is 28.2 Å². The Labute approximate surface area is 129 Å². The van der Waals surface area contributed by atoms with Gasteiger partial charge in [0.15, 0.2) is 5.76 Å². The minimum Gasteiger partial charge on any atom is -0.508 e. The number of hydrogen-bond donors (Lipinski definition) is 3. The zero-order valence-electron chi connectivity index (χ0n) is 11.9. The topological polar surface area (TPSA) is 100 Å². The Morgan fingerprint density at radius 2 is 1.87 bits per heavy atom. The van der Waals surface area contributed by atoms with Crippen LogP contribution in [-0.4, -0.2) is 21.9 Å². The largest absolute Gasteiger partial charge is 0.508 e. The van der Waals surface area contributed by atoms with E-state index < -0.39 is 16.9 Å². The molecule has 0 radical (unpaired) electrons. The summed E-state index contributed by atoms with van der Waals surface area (Å²) in [6.07, 6.45) is 0.811. The number of hydrogen-bond acceptors (Lipinski definition) is 6. The second kappa shape index (κ2) is 4.67. The van der Waals surface area contributed by atoms with Gasteiger partial charge in [-0.25, -0.2) is 0 Å². The van der Waals surface area contributed by atoms with Crippen LogP contribution in [-0.2, 0) is 6.42 Å². The molecular formula is C17H12O6. The molecule has 1 aromatic heterocycles. The molecule has 3 N–H and O–H groups in total. The van der Waals surface area contributed by atoms with Crippen molar-refractivity contribution >= 4 is 11.0 Å². The van der Waals surface area contributed by atoms with E-state index in [0.717, 1.165) is 18.1 Å². The highest BCUT2D eigenvalue weighted by atomic mass is 16.5. The van der Waals surface area contributed by atoms with E-state index in [1.807, 2.05) is 6.07 Å². The smallest absolute Gasteiger partial charge is 0.238 e. The molecule has 0 unspecified atom stereocenters. The Morgan fingerprint density at radius 3 is 2.70 bits per heavy atom. The Morgan fingerprint density at radius 1 is 1.04 bits per heavy atom. The summed E-state index contributed by atoms with van der Waals surface area (Å²) in [7, 11) is 0. The Hall–Kier alpha value is -3.15. The van der Waals surface area contributed by atoms with Gasteiger partial charge >= 0.3 is 0 Å². The Bertz CT molecular complexity index is 1000. The average molecular weight is 312 g/mol. The first-order valence-corrected chi connectivity index (χ1v) is 7.02. The number of fused-ring (bicyclic) bond motifs is 2. The highest BCUT2D eigenvalue weighted by molar-refractivity contribution is 5.88. The van der Waals surface area contributed by atoms with E-state index in [2.05, 4.69) is 0 Å². The fourth-order valence-corrected chi connectivity index (χ4v) is 2.78. The second-order valence-corrected chi connectivity index (χ2v) is 5.37. The molecule has 23 heavy (non-hydrogen) atoms. The number of phenolic OH excluding ortho intramolecular Hbond substituents is 2. The van der Waals surface area contributed by atoms with Gasteiger partial charge in [-0.15, -0.1) is 0 Å². The first-order chi connectivity index (χ1) is 11.0. The summed E-state index contributed by atoms with van der Waals surface area (Å²) in [5.74, 6) is -0.648. The van der Waals surface area contributed by atoms with Crippen LogP contribution < -0.4 is 10.2 Å². The maximum absolute atomic E-state index is 12.3. The second-order valence-electron chi connectivity index (χ2n) is 5.37. The summed E-state index contributed by atoms with van der Waals surface area (Å²) in [4.78, 5) is 12.3. The molecule has 0 aliphatic carbocycles. The van der Waals surface area contributed by atoms with Crippen LogP contribution in [0.3, 0.4) is 0 Å². The van der Waals surface area contributed by atoms with Crippen LogP contribution in [0.5, 0.6) is 23.0 Å². The molecule has 0 saturated heterocycles. The average Bonchev–Trinajstić information content (AvgIpc) is 2.97. The van der Waals surface area contributed by atoms with Gasteiger partial charge in [0.05, 0.1) is 6.61 Å². The van der Waals surface area contributed by atoms with Gasteiger partial charge in [0.2, 0.25) is 11.2 Å². The molecule has 2 aromatic carbocycles. The predicted octanol–water partition coefficient (Wildman–Crippen LogP) is 2.51. The highest BCUT2D eigenvalue weighted by Gasteiger charge is 2.20. The number of phenols is 2. The maximum Gasteiger partial charge on any atom is 0.238 e. The molecule has 116 valence electrons. The van der Waals surface area contributed by atoms with Crippen LogP contribution in [0.25, 0.3) is 22.3 Å². The number of ether oxygens (including phenoxy) is 1. The first-order valence-electron chi connectivity index (χ1n) is 7.02. The van der Waals surface area contributed by atoms with Gasteiger partial charge in [0, 0.05) is 24.1 Å². The fourth-order valence-electron chi connectivity index (χ4n) is 2.78. The van der Waals surface area contributed by atoms with E-state index in [9.17, 15) is 20.1 Å². The minimum atomic E-state index is -0.764. The van der Waals surface area contributed by atoms with Gasteiger partial charge < -0.3 is 24.5 Å². The lowest BCUT2D eigenvalue weighted by Gasteiger charge is -2.08. The van der Waals surface area contributed by atoms with E-state index in [-0.39, 0.29) is 22.5 Å². The van der Waals surface area contributed by atoms with Gasteiger partial charge in [-0.2, -0.15) is 0 Å². The highest BCUT2D eigenvalue weighted by Crippen LogP contribution is 2.37. The Balaban J connectivity index is 2.01. The van der Waals surface area contributed by atoms with Gasteiger partial charge in [-0.3, -0.25) is 4.79 Å². The molecule has 0 bridgehead atoms. The molecule has 0 spiro atoms. The molecule has 6 heteroatoms. The molecule has 1 aliphatic heterocycles. The van der Waals surface area contributed by atoms with Crippen LogP contribution in [0.15, 0.2) is 39.5 Å². The predicted molar refractivity (Wildman–Crippen MR) is 82.1 cm³/mol. The van der Waals surface area contributed by atoms with Crippen LogP contribution in [0.4, 0.5) is 0 Å². The van der Waals surface area contributed by atoms with Crippen LogP contribution >= 0.6 is 0 Å². The molecule has 0 amide bonds. The third-order valence-corrected chi connectivity index (χ3v) is 3.89. The van der Waals surface area contributed by atoms with Crippen molar-refractivity contribution in [2.24, 2.45) is 0 Å². The summed E-state index contributed by atoms with van der Waals surface area (Å²) < 4.78 is 11.0. The van der Waals surface area contributed by atoms with Crippen molar-refractivity contribution in [3.05, 3.63) is 46.1 Å². The van der Waals surface area contributed by atoms with E-state index >= 15 is 0 Å². The summed E-state index contributed by atoms with van der Waals surface area (Å²) in [5.41, 5.74) is 0.749. The number of benzene rings is 2. The third kappa shape index (κ3) is 1.99. The van der Waals surface area contributed by atoms with Gasteiger partial charge in [0.25, 0.3) is 0 Å². The Kier molecular flexibility index (Phi) is 2.74. The molecule has 4 rings (SSSR count). The summed E-state index contributed by atoms with van der Waals surface area (Å²) >= 11 is 0. The lowest BCUT2D eigenvalue weighted by Crippen LogP contribution is -2.03. The number of rotatable bonds is 1. The van der Waals surface area contributed by atoms with Crippen molar-refractivity contribution in [3.8, 4) is 34.3 Å². The SMILES string of the molecule is O=c1c(O)c(-c2ccc3c(c2)OCC3)oc2cc(O)cc(O)c12. The lowest BCUT2D eigenvalue weighted by molar-refractivity contribution is 0.357. The molecule has 3 aromatic rings. The van der Waals surface area contributed by atoms with Gasteiger partial charge in [-0.1, -0.05) is 12.1 Å². The molecule has 0 atom stereocenters. The van der Waals surface area contributed by atoms with E-state index in [1.54, 1.807) is 12.1 Å². The molecule has 2 heterocycles. The number of aromatic hydroxyl groups is 3. The van der Waals surface area contributed by atoms with E-state index in [4.69, 9.17) is 9.15 Å². The maximum atomic E-state index is 12.3. The summed E-state index contributed by atoms with van der Waals surface area (Å²) in [6, 6.07) is 7.49. The van der Waals surface area contributed by atoms with Crippen molar-refractivity contribution in [1.82, 2.24) is 0 Å². The van der Waals surface area contributed by atoms with Crippen molar-refractivity contribution in [3.63, 3.8) is 0 Å². The molecule has 1 aliphatic rings. The monoisotopic (exact) mass is 312 g/mol. The van der Waals surface area contributed by atoms with E-state index in [0.29, 0.717) is 17.9 Å². The van der Waals surface area contributed by atoms with Gasteiger partial charge in [-0.05, 0) is 11.6 Å². The van der Waals surface area contributed by atoms with Crippen molar-refractivity contribution in [1.29, 1.82) is 0 Å². The van der Waals surface area contributed by atoms with Crippen molar-refractivity contribution in [2.75, 3.05) is 6.61 Å². The van der Waals surface area contributed by atoms with Crippen molar-refractivity contribution in [2.45, 2.75) is 6.42 Å². The molecule has 0 saturated carbocycles. The summed E-state index contributed by atoms with van der Waals surface area (Å²) in [6.45, 7) is 0.591. The standard InChI is InChI=1S/C17H12O6/c18-10-6-11(19)14-13(7-10)23-17(16(21)15(14)20)9-2-1-8-3-4-22-12(8)5-9/h1-2,5-7,18-19,21H,3-4H2. The van der Waals surface area contributed by atoms with Crippen LogP contribution in [0.2, 0.25) is 0 Å². The summed E-state index contributed by atoms with van der Waals surface area (Å²) in [5, 5.41) is 29.3. The zero-order chi connectivity index (χ0) is 16.1. The quantitative estimate of drug-likeness (QED) is 0.638. The first kappa shape index (κ1) is 13.5. The molecule has 0 fully saturated rings. The third-order valence-electron chi connectivity index (χ3n) is 3.89. The van der Waals surface area contributed by atoms with Crippen LogP contribution in [0, 0.1) is 0 Å². The fraction of sp³-hybridized carbons (Fsp3) is 0.118. The molecule has 6 nitrogen and oxygen atoms in total. The van der Waals surface area contributed by atoms with Crippen molar-refractivity contribution < 1.29 is 24.5 Å². The normalized spacial score (nSPS) is 13.0. The molecular weight excluding hydrogens is 300 g/mol. The van der Waals surface area contributed by atoms with E-state index in [1.165, 1.54) is 6.07 Å². The van der Waals surface area contributed by atoms with Crippen LogP contribution in [0.1, 0.15) is 5.56 Å². The lowest BCUT2D eigenvalue weighted by atomic mass is 10.1.